The number of thioether (sulfide) groups is 1. The molecular weight excluding hydrogens is 384 g/mol. The highest BCUT2D eigenvalue weighted by molar-refractivity contribution is 7.98. The van der Waals surface area contributed by atoms with Crippen LogP contribution in [0, 0.1) is 19.8 Å². The van der Waals surface area contributed by atoms with E-state index in [9.17, 15) is 4.79 Å². The number of benzene rings is 1. The summed E-state index contributed by atoms with van der Waals surface area (Å²) in [5.41, 5.74) is 2.80. The fourth-order valence-corrected chi connectivity index (χ4v) is 4.27. The fourth-order valence-electron chi connectivity index (χ4n) is 3.86. The largest absolute Gasteiger partial charge is 0.443 e. The van der Waals surface area contributed by atoms with Gasteiger partial charge in [-0.05, 0) is 50.6 Å². The van der Waals surface area contributed by atoms with E-state index in [1.807, 2.05) is 13.8 Å². The molecule has 1 aromatic carbocycles. The zero-order valence-electron chi connectivity index (χ0n) is 17.1. The predicted octanol–water partition coefficient (Wildman–Crippen LogP) is 4.09. The number of aromatic nitrogens is 2. The molecule has 0 bridgehead atoms. The lowest BCUT2D eigenvalue weighted by Gasteiger charge is -2.33. The lowest BCUT2D eigenvalue weighted by atomic mass is 9.96. The number of furan rings is 1. The van der Waals surface area contributed by atoms with Gasteiger partial charge in [-0.3, -0.25) is 4.79 Å². The maximum atomic E-state index is 12.8. The average Bonchev–Trinajstić information content (AvgIpc) is 3.06. The van der Waals surface area contributed by atoms with Gasteiger partial charge in [0.25, 0.3) is 0 Å². The highest BCUT2D eigenvalue weighted by atomic mass is 32.2. The Bertz CT molecular complexity index is 1020. The Morgan fingerprint density at radius 1 is 1.28 bits per heavy atom. The monoisotopic (exact) mass is 410 g/mol. The number of aryl methyl sites for hydroxylation is 2. The number of nitrogens with zero attached hydrogens (tertiary/aromatic N) is 3. The first kappa shape index (κ1) is 19.8. The summed E-state index contributed by atoms with van der Waals surface area (Å²) < 4.78 is 5.75. The molecule has 1 aliphatic heterocycles. The number of fused-ring (bicyclic) bond motifs is 1. The van der Waals surface area contributed by atoms with Gasteiger partial charge in [0.15, 0.2) is 0 Å². The van der Waals surface area contributed by atoms with Crippen LogP contribution in [0.25, 0.3) is 11.1 Å². The highest BCUT2D eigenvalue weighted by Crippen LogP contribution is 2.32. The van der Waals surface area contributed by atoms with Crippen molar-refractivity contribution < 1.29 is 9.21 Å². The summed E-state index contributed by atoms with van der Waals surface area (Å²) in [5, 5.41) is 4.07. The van der Waals surface area contributed by atoms with Crippen LogP contribution < -0.4 is 10.2 Å². The minimum Gasteiger partial charge on any atom is -0.443 e. The number of carbonyl (C=O) groups excluding carboxylic acids is 1. The molecule has 0 aliphatic carbocycles. The van der Waals surface area contributed by atoms with E-state index < -0.39 is 0 Å². The van der Waals surface area contributed by atoms with Crippen LogP contribution in [0.1, 0.15) is 29.7 Å². The average molecular weight is 411 g/mol. The molecule has 1 aliphatic rings. The zero-order chi connectivity index (χ0) is 20.4. The van der Waals surface area contributed by atoms with E-state index in [1.54, 1.807) is 18.1 Å². The van der Waals surface area contributed by atoms with E-state index in [4.69, 9.17) is 4.42 Å². The summed E-state index contributed by atoms with van der Waals surface area (Å²) in [6, 6.07) is 8.32. The first-order chi connectivity index (χ1) is 14.1. The molecule has 1 amide bonds. The molecule has 7 heteroatoms. The number of hydrogen-bond acceptors (Lipinski definition) is 6. The standard InChI is InChI=1S/C22H26N4O2S/c1-14-15(2)28-22-19(14)20(24-13-25-22)26-10-4-5-17(12-26)21(27)23-11-16-6-8-18(29-3)9-7-16/h6-9,13,17H,4-5,10-12H2,1-3H3,(H,23,27)/t17-/m0/s1. The normalized spacial score (nSPS) is 16.9. The van der Waals surface area contributed by atoms with Gasteiger partial charge in [-0.2, -0.15) is 0 Å². The van der Waals surface area contributed by atoms with Crippen LogP contribution in [-0.4, -0.2) is 35.2 Å². The van der Waals surface area contributed by atoms with Crippen molar-refractivity contribution in [1.82, 2.24) is 15.3 Å². The molecule has 0 saturated carbocycles. The molecule has 0 spiro atoms. The minimum atomic E-state index is -0.0486. The molecule has 0 unspecified atom stereocenters. The van der Waals surface area contributed by atoms with Crippen molar-refractivity contribution in [3.05, 3.63) is 47.5 Å². The third-order valence-corrected chi connectivity index (χ3v) is 6.41. The quantitative estimate of drug-likeness (QED) is 0.639. The van der Waals surface area contributed by atoms with Crippen molar-refractivity contribution in [2.75, 3.05) is 24.2 Å². The Morgan fingerprint density at radius 2 is 2.07 bits per heavy atom. The molecule has 1 saturated heterocycles. The summed E-state index contributed by atoms with van der Waals surface area (Å²) in [7, 11) is 0. The molecule has 2 aromatic heterocycles. The number of rotatable bonds is 5. The Hall–Kier alpha value is -2.54. The highest BCUT2D eigenvalue weighted by Gasteiger charge is 2.28. The van der Waals surface area contributed by atoms with Crippen LogP contribution >= 0.6 is 11.8 Å². The maximum absolute atomic E-state index is 12.8. The molecule has 6 nitrogen and oxygen atoms in total. The van der Waals surface area contributed by atoms with E-state index in [0.717, 1.165) is 47.5 Å². The van der Waals surface area contributed by atoms with Gasteiger partial charge in [-0.15, -0.1) is 11.8 Å². The second-order valence-electron chi connectivity index (χ2n) is 7.51. The molecule has 1 atom stereocenters. The molecule has 152 valence electrons. The van der Waals surface area contributed by atoms with E-state index >= 15 is 0 Å². The van der Waals surface area contributed by atoms with Gasteiger partial charge in [0.05, 0.1) is 11.3 Å². The van der Waals surface area contributed by atoms with Crippen molar-refractivity contribution >= 4 is 34.6 Å². The van der Waals surface area contributed by atoms with Crippen LogP contribution in [0.4, 0.5) is 5.82 Å². The molecule has 3 aromatic rings. The summed E-state index contributed by atoms with van der Waals surface area (Å²) in [6.45, 7) is 6.08. The first-order valence-electron chi connectivity index (χ1n) is 9.93. The van der Waals surface area contributed by atoms with Gasteiger partial charge in [-0.25, -0.2) is 9.97 Å². The van der Waals surface area contributed by atoms with E-state index in [1.165, 1.54) is 4.90 Å². The van der Waals surface area contributed by atoms with Crippen LogP contribution in [0.5, 0.6) is 0 Å². The smallest absolute Gasteiger partial charge is 0.231 e. The van der Waals surface area contributed by atoms with Gasteiger partial charge < -0.3 is 14.6 Å². The van der Waals surface area contributed by atoms with Crippen LogP contribution in [0.3, 0.4) is 0 Å². The van der Waals surface area contributed by atoms with Gasteiger partial charge in [0, 0.05) is 30.1 Å². The third kappa shape index (κ3) is 4.10. The Labute approximate surface area is 175 Å². The van der Waals surface area contributed by atoms with Gasteiger partial charge >= 0.3 is 0 Å². The molecule has 0 radical (unpaired) electrons. The summed E-state index contributed by atoms with van der Waals surface area (Å²) in [5.74, 6) is 1.79. The van der Waals surface area contributed by atoms with Crippen molar-refractivity contribution in [2.45, 2.75) is 38.1 Å². The topological polar surface area (TPSA) is 71.3 Å². The van der Waals surface area contributed by atoms with E-state index in [0.29, 0.717) is 18.8 Å². The number of hydrogen-bond donors (Lipinski definition) is 1. The molecule has 4 rings (SSSR count). The van der Waals surface area contributed by atoms with Crippen LogP contribution in [0.2, 0.25) is 0 Å². The van der Waals surface area contributed by atoms with E-state index in [-0.39, 0.29) is 11.8 Å². The minimum absolute atomic E-state index is 0.0486. The second kappa shape index (κ2) is 8.45. The number of carbonyl (C=O) groups is 1. The molecule has 1 N–H and O–H groups in total. The Balaban J connectivity index is 1.45. The van der Waals surface area contributed by atoms with E-state index in [2.05, 4.69) is 50.7 Å². The van der Waals surface area contributed by atoms with Gasteiger partial charge in [0.1, 0.15) is 17.9 Å². The van der Waals surface area contributed by atoms with Crippen molar-refractivity contribution in [1.29, 1.82) is 0 Å². The van der Waals surface area contributed by atoms with Gasteiger partial charge in [0.2, 0.25) is 11.6 Å². The number of anilines is 1. The molecule has 3 heterocycles. The Morgan fingerprint density at radius 3 is 2.83 bits per heavy atom. The van der Waals surface area contributed by atoms with Crippen LogP contribution in [-0.2, 0) is 11.3 Å². The molecule has 1 fully saturated rings. The number of amides is 1. The summed E-state index contributed by atoms with van der Waals surface area (Å²) in [4.78, 5) is 25.0. The predicted molar refractivity (Wildman–Crippen MR) is 116 cm³/mol. The summed E-state index contributed by atoms with van der Waals surface area (Å²) in [6.07, 6.45) is 5.46. The Kier molecular flexibility index (Phi) is 5.76. The number of piperidine rings is 1. The third-order valence-electron chi connectivity index (χ3n) is 5.66. The lowest BCUT2D eigenvalue weighted by molar-refractivity contribution is -0.125. The van der Waals surface area contributed by atoms with Crippen molar-refractivity contribution in [3.63, 3.8) is 0 Å². The fraction of sp³-hybridized carbons (Fsp3) is 0.409. The molecular formula is C22H26N4O2S. The van der Waals surface area contributed by atoms with Crippen molar-refractivity contribution in [2.24, 2.45) is 5.92 Å². The first-order valence-corrected chi connectivity index (χ1v) is 11.2. The SMILES string of the molecule is CSc1ccc(CNC(=O)[C@H]2CCCN(c3ncnc4oc(C)c(C)c34)C2)cc1. The lowest BCUT2D eigenvalue weighted by Crippen LogP contribution is -2.43. The molecule has 29 heavy (non-hydrogen) atoms. The maximum Gasteiger partial charge on any atom is 0.231 e. The zero-order valence-corrected chi connectivity index (χ0v) is 17.9. The number of nitrogens with one attached hydrogen (secondary N) is 1. The van der Waals surface area contributed by atoms with Crippen LogP contribution in [0.15, 0.2) is 39.9 Å². The second-order valence-corrected chi connectivity index (χ2v) is 8.39. The van der Waals surface area contributed by atoms with Crippen molar-refractivity contribution in [3.8, 4) is 0 Å². The van der Waals surface area contributed by atoms with Gasteiger partial charge in [-0.1, -0.05) is 12.1 Å². The summed E-state index contributed by atoms with van der Waals surface area (Å²) >= 11 is 1.72.